The monoisotopic (exact) mass is 503 g/mol. The van der Waals surface area contributed by atoms with E-state index in [1.807, 2.05) is 48.5 Å². The Balaban J connectivity index is 1.87. The van der Waals surface area contributed by atoms with Gasteiger partial charge >= 0.3 is 5.75 Å². The van der Waals surface area contributed by atoms with Crippen molar-refractivity contribution in [1.29, 1.82) is 0 Å². The molecule has 3 aromatic carbocycles. The lowest BCUT2D eigenvalue weighted by molar-refractivity contribution is 0.376. The molecule has 0 unspecified atom stereocenters. The van der Waals surface area contributed by atoms with Gasteiger partial charge in [-0.3, -0.25) is 0 Å². The van der Waals surface area contributed by atoms with Crippen molar-refractivity contribution in [2.75, 3.05) is 0 Å². The van der Waals surface area contributed by atoms with Gasteiger partial charge in [-0.05, 0) is 72.8 Å². The molecular formula is C21H12Br2ClNO2. The number of hydrogen-bond acceptors (Lipinski definition) is 3. The SMILES string of the molecule is Clc1ccc(N=c2oc(-c3ccc(Br)cc3)c(-c3ccc(Br)cc3)o2)cc1. The minimum Gasteiger partial charge on any atom is -0.406 e. The molecule has 6 heteroatoms. The van der Waals surface area contributed by atoms with Crippen LogP contribution in [0, 0.1) is 0 Å². The zero-order valence-electron chi connectivity index (χ0n) is 13.8. The summed E-state index contributed by atoms with van der Waals surface area (Å²) < 4.78 is 13.9. The first-order valence-corrected chi connectivity index (χ1v) is 10.0. The molecule has 4 rings (SSSR count). The molecule has 0 fully saturated rings. The highest BCUT2D eigenvalue weighted by Gasteiger charge is 2.16. The molecule has 1 aromatic heterocycles. The number of benzene rings is 3. The van der Waals surface area contributed by atoms with Crippen molar-refractivity contribution in [1.82, 2.24) is 0 Å². The second-order valence-corrected chi connectivity index (χ2v) is 8.00. The standard InChI is InChI=1S/C21H12Br2ClNO2/c22-15-5-1-13(2-6-15)19-20(14-3-7-16(23)8-4-14)27-21(26-19)25-18-11-9-17(24)10-12-18/h1-12H. The second-order valence-electron chi connectivity index (χ2n) is 5.73. The molecule has 0 saturated carbocycles. The van der Waals surface area contributed by atoms with Crippen molar-refractivity contribution in [3.63, 3.8) is 0 Å². The summed E-state index contributed by atoms with van der Waals surface area (Å²) in [6.45, 7) is 0. The van der Waals surface area contributed by atoms with Gasteiger partial charge in [-0.2, -0.15) is 4.99 Å². The van der Waals surface area contributed by atoms with Gasteiger partial charge in [-0.15, -0.1) is 0 Å². The average molecular weight is 506 g/mol. The Kier molecular flexibility index (Phi) is 5.34. The fourth-order valence-corrected chi connectivity index (χ4v) is 3.19. The molecule has 0 aliphatic carbocycles. The summed E-state index contributed by atoms with van der Waals surface area (Å²) in [5.41, 5.74) is 2.50. The van der Waals surface area contributed by atoms with E-state index < -0.39 is 0 Å². The lowest BCUT2D eigenvalue weighted by Crippen LogP contribution is -1.91. The maximum Gasteiger partial charge on any atom is 0.400 e. The van der Waals surface area contributed by atoms with Crippen LogP contribution in [0.1, 0.15) is 0 Å². The Morgan fingerprint density at radius 3 is 1.52 bits per heavy atom. The van der Waals surface area contributed by atoms with Gasteiger partial charge in [-0.25, -0.2) is 0 Å². The smallest absolute Gasteiger partial charge is 0.400 e. The van der Waals surface area contributed by atoms with Crippen molar-refractivity contribution in [3.05, 3.63) is 92.5 Å². The first-order valence-electron chi connectivity index (χ1n) is 8.04. The quantitative estimate of drug-likeness (QED) is 0.287. The normalized spacial score (nSPS) is 10.8. The van der Waals surface area contributed by atoms with E-state index in [0.717, 1.165) is 20.1 Å². The lowest BCUT2D eigenvalue weighted by Gasteiger charge is -2.01. The molecule has 0 saturated heterocycles. The van der Waals surface area contributed by atoms with E-state index in [1.165, 1.54) is 0 Å². The van der Waals surface area contributed by atoms with Crippen molar-refractivity contribution in [2.24, 2.45) is 4.99 Å². The molecule has 0 aliphatic heterocycles. The highest BCUT2D eigenvalue weighted by Crippen LogP contribution is 2.33. The van der Waals surface area contributed by atoms with Gasteiger partial charge in [0.15, 0.2) is 11.5 Å². The van der Waals surface area contributed by atoms with Gasteiger partial charge in [0.25, 0.3) is 0 Å². The van der Waals surface area contributed by atoms with Gasteiger partial charge in [-0.1, -0.05) is 43.5 Å². The van der Waals surface area contributed by atoms with Crippen LogP contribution in [-0.4, -0.2) is 0 Å². The molecule has 134 valence electrons. The van der Waals surface area contributed by atoms with Crippen molar-refractivity contribution < 1.29 is 8.83 Å². The predicted molar refractivity (Wildman–Crippen MR) is 114 cm³/mol. The van der Waals surface area contributed by atoms with Crippen LogP contribution in [0.2, 0.25) is 5.02 Å². The third kappa shape index (κ3) is 4.26. The Labute approximate surface area is 177 Å². The van der Waals surface area contributed by atoms with E-state index in [4.69, 9.17) is 20.4 Å². The van der Waals surface area contributed by atoms with Gasteiger partial charge in [0, 0.05) is 25.1 Å². The van der Waals surface area contributed by atoms with Crippen LogP contribution in [0.5, 0.6) is 0 Å². The van der Waals surface area contributed by atoms with E-state index in [0.29, 0.717) is 22.2 Å². The summed E-state index contributed by atoms with van der Waals surface area (Å²) in [4.78, 5) is 4.44. The molecule has 0 N–H and O–H groups in total. The van der Waals surface area contributed by atoms with Gasteiger partial charge in [0.05, 0.1) is 5.69 Å². The van der Waals surface area contributed by atoms with Gasteiger partial charge in [0.2, 0.25) is 0 Å². The lowest BCUT2D eigenvalue weighted by atomic mass is 10.1. The van der Waals surface area contributed by atoms with Crippen LogP contribution in [0.25, 0.3) is 22.6 Å². The molecular weight excluding hydrogens is 493 g/mol. The molecule has 0 spiro atoms. The zero-order chi connectivity index (χ0) is 18.8. The average Bonchev–Trinajstić information content (AvgIpc) is 3.08. The molecule has 27 heavy (non-hydrogen) atoms. The van der Waals surface area contributed by atoms with Gasteiger partial charge in [0.1, 0.15) is 0 Å². The zero-order valence-corrected chi connectivity index (χ0v) is 17.8. The van der Waals surface area contributed by atoms with E-state index in [-0.39, 0.29) is 5.75 Å². The topological polar surface area (TPSA) is 38.6 Å². The molecule has 0 bridgehead atoms. The van der Waals surface area contributed by atoms with Crippen LogP contribution >= 0.6 is 43.5 Å². The summed E-state index contributed by atoms with van der Waals surface area (Å²) in [6.07, 6.45) is 0. The highest BCUT2D eigenvalue weighted by molar-refractivity contribution is 9.10. The molecule has 0 aliphatic rings. The van der Waals surface area contributed by atoms with E-state index in [1.54, 1.807) is 24.3 Å². The minimum absolute atomic E-state index is 0.174. The summed E-state index contributed by atoms with van der Waals surface area (Å²) in [6, 6.07) is 22.8. The van der Waals surface area contributed by atoms with E-state index in [2.05, 4.69) is 36.9 Å². The maximum atomic E-state index is 5.97. The summed E-state index contributed by atoms with van der Waals surface area (Å²) in [5, 5.41) is 0.649. The van der Waals surface area contributed by atoms with Crippen LogP contribution in [0.15, 0.2) is 95.6 Å². The second kappa shape index (κ2) is 7.89. The predicted octanol–water partition coefficient (Wildman–Crippen LogP) is 7.62. The molecule has 0 amide bonds. The van der Waals surface area contributed by atoms with Crippen LogP contribution in [-0.2, 0) is 0 Å². The first kappa shape index (κ1) is 18.3. The van der Waals surface area contributed by atoms with Crippen LogP contribution in [0.4, 0.5) is 5.69 Å². The fourth-order valence-electron chi connectivity index (χ4n) is 2.54. The summed E-state index contributed by atoms with van der Waals surface area (Å²) >= 11 is 12.8. The van der Waals surface area contributed by atoms with Crippen molar-refractivity contribution in [2.45, 2.75) is 0 Å². The third-order valence-electron chi connectivity index (χ3n) is 3.84. The summed E-state index contributed by atoms with van der Waals surface area (Å²) in [7, 11) is 0. The molecule has 4 aromatic rings. The molecule has 1 heterocycles. The molecule has 0 radical (unpaired) electrons. The van der Waals surface area contributed by atoms with Crippen LogP contribution in [0.3, 0.4) is 0 Å². The Bertz CT molecular complexity index is 1060. The largest absolute Gasteiger partial charge is 0.406 e. The molecule has 3 nitrogen and oxygen atoms in total. The Morgan fingerprint density at radius 1 is 0.630 bits per heavy atom. The maximum absolute atomic E-state index is 5.97. The van der Waals surface area contributed by atoms with E-state index in [9.17, 15) is 0 Å². The minimum atomic E-state index is 0.174. The number of halogens is 3. The van der Waals surface area contributed by atoms with Crippen LogP contribution < -0.4 is 5.75 Å². The summed E-state index contributed by atoms with van der Waals surface area (Å²) in [5.74, 6) is 1.42. The molecule has 0 atom stereocenters. The van der Waals surface area contributed by atoms with Crippen molar-refractivity contribution >= 4 is 49.1 Å². The fraction of sp³-hybridized carbons (Fsp3) is 0. The Hall–Kier alpha value is -2.08. The third-order valence-corrected chi connectivity index (χ3v) is 5.15. The van der Waals surface area contributed by atoms with Crippen molar-refractivity contribution in [3.8, 4) is 22.6 Å². The van der Waals surface area contributed by atoms with E-state index >= 15 is 0 Å². The Morgan fingerprint density at radius 2 is 1.07 bits per heavy atom. The number of hydrogen-bond donors (Lipinski definition) is 0. The number of nitrogens with zero attached hydrogens (tertiary/aromatic N) is 1. The highest BCUT2D eigenvalue weighted by atomic mass is 79.9. The van der Waals surface area contributed by atoms with Gasteiger partial charge < -0.3 is 8.83 Å². The number of rotatable bonds is 3. The first-order chi connectivity index (χ1) is 13.1.